The Balaban J connectivity index is 1.96. The van der Waals surface area contributed by atoms with Crippen LogP contribution in [0.1, 0.15) is 25.8 Å². The van der Waals surface area contributed by atoms with Crippen molar-refractivity contribution >= 4 is 12.1 Å². The highest BCUT2D eigenvalue weighted by atomic mass is 16.6. The van der Waals surface area contributed by atoms with Crippen LogP contribution in [0.4, 0.5) is 4.79 Å². The van der Waals surface area contributed by atoms with Gasteiger partial charge in [-0.2, -0.15) is 0 Å². The number of piperidine rings is 1. The van der Waals surface area contributed by atoms with E-state index in [1.807, 2.05) is 44.2 Å². The van der Waals surface area contributed by atoms with Gasteiger partial charge in [0.25, 0.3) is 0 Å². The molecule has 0 aliphatic carbocycles. The number of carbonyl (C=O) groups is 2. The summed E-state index contributed by atoms with van der Waals surface area (Å²) in [7, 11) is 0. The highest BCUT2D eigenvalue weighted by Gasteiger charge is 2.38. The summed E-state index contributed by atoms with van der Waals surface area (Å²) in [5.41, 5.74) is 0.699. The number of aliphatic carboxylic acids is 1. The van der Waals surface area contributed by atoms with Gasteiger partial charge in [-0.05, 0) is 17.4 Å². The average molecular weight is 291 g/mol. The molecule has 114 valence electrons. The Labute approximate surface area is 124 Å². The van der Waals surface area contributed by atoms with Crippen molar-refractivity contribution in [3.8, 4) is 0 Å². The molecule has 1 aromatic rings. The second kappa shape index (κ2) is 6.16. The molecule has 1 unspecified atom stereocenters. The molecule has 1 fully saturated rings. The number of carboxylic acids is 1. The van der Waals surface area contributed by atoms with Gasteiger partial charge in [0.15, 0.2) is 0 Å². The second-order valence-corrected chi connectivity index (χ2v) is 6.32. The van der Waals surface area contributed by atoms with Gasteiger partial charge in [-0.1, -0.05) is 44.2 Å². The third-order valence-electron chi connectivity index (χ3n) is 3.67. The van der Waals surface area contributed by atoms with Gasteiger partial charge in [-0.15, -0.1) is 0 Å². The molecule has 5 heteroatoms. The van der Waals surface area contributed by atoms with E-state index in [9.17, 15) is 14.7 Å². The van der Waals surface area contributed by atoms with Crippen LogP contribution in [-0.2, 0) is 16.1 Å². The van der Waals surface area contributed by atoms with Crippen molar-refractivity contribution in [2.24, 2.45) is 11.3 Å². The van der Waals surface area contributed by atoms with Gasteiger partial charge in [0.2, 0.25) is 0 Å². The smallest absolute Gasteiger partial charge is 0.410 e. The Bertz CT molecular complexity index is 512. The normalized spacial score (nSPS) is 20.9. The van der Waals surface area contributed by atoms with Gasteiger partial charge in [0.1, 0.15) is 6.61 Å². The fraction of sp³-hybridized carbons (Fsp3) is 0.500. The molecule has 1 amide bonds. The minimum Gasteiger partial charge on any atom is -0.481 e. The number of likely N-dealkylation sites (tertiary alicyclic amines) is 1. The standard InChI is InChI=1S/C16H21NO4/c1-16(2)8-13(14(18)19)9-17(11-16)15(20)21-10-12-6-4-3-5-7-12/h3-7,13H,8-11H2,1-2H3,(H,18,19). The minimum absolute atomic E-state index is 0.203. The molecular weight excluding hydrogens is 270 g/mol. The topological polar surface area (TPSA) is 66.8 Å². The van der Waals surface area contributed by atoms with E-state index in [0.717, 1.165) is 5.56 Å². The molecule has 1 aliphatic rings. The molecule has 0 aromatic heterocycles. The third-order valence-corrected chi connectivity index (χ3v) is 3.67. The maximum Gasteiger partial charge on any atom is 0.410 e. The number of carboxylic acid groups (broad SMARTS) is 1. The number of hydrogen-bond acceptors (Lipinski definition) is 3. The van der Waals surface area contributed by atoms with Gasteiger partial charge in [0, 0.05) is 13.1 Å². The molecular formula is C16H21NO4. The van der Waals surface area contributed by atoms with Crippen LogP contribution in [0.5, 0.6) is 0 Å². The lowest BCUT2D eigenvalue weighted by atomic mass is 9.79. The number of hydrogen-bond donors (Lipinski definition) is 1. The summed E-state index contributed by atoms with van der Waals surface area (Å²) in [5, 5.41) is 9.20. The van der Waals surface area contributed by atoms with Crippen LogP contribution < -0.4 is 0 Å². The monoisotopic (exact) mass is 291 g/mol. The summed E-state index contributed by atoms with van der Waals surface area (Å²) in [6.07, 6.45) is 0.128. The summed E-state index contributed by atoms with van der Waals surface area (Å²) < 4.78 is 5.28. The van der Waals surface area contributed by atoms with Crippen molar-refractivity contribution < 1.29 is 19.4 Å². The molecule has 1 heterocycles. The van der Waals surface area contributed by atoms with Crippen molar-refractivity contribution in [1.82, 2.24) is 4.90 Å². The Morgan fingerprint density at radius 2 is 2.00 bits per heavy atom. The molecule has 0 bridgehead atoms. The first-order chi connectivity index (χ1) is 9.87. The molecule has 0 saturated carbocycles. The maximum atomic E-state index is 12.1. The van der Waals surface area contributed by atoms with Crippen LogP contribution >= 0.6 is 0 Å². The van der Waals surface area contributed by atoms with Crippen molar-refractivity contribution in [2.75, 3.05) is 13.1 Å². The van der Waals surface area contributed by atoms with Crippen LogP contribution in [0.25, 0.3) is 0 Å². The predicted octanol–water partition coefficient (Wildman–Crippen LogP) is 2.76. The zero-order chi connectivity index (χ0) is 15.5. The van der Waals surface area contributed by atoms with Gasteiger partial charge >= 0.3 is 12.1 Å². The van der Waals surface area contributed by atoms with Gasteiger partial charge in [-0.3, -0.25) is 4.79 Å². The van der Waals surface area contributed by atoms with E-state index in [4.69, 9.17) is 4.74 Å². The third kappa shape index (κ3) is 4.21. The average Bonchev–Trinajstić information content (AvgIpc) is 2.44. The van der Waals surface area contributed by atoms with E-state index in [0.29, 0.717) is 13.0 Å². The van der Waals surface area contributed by atoms with Crippen molar-refractivity contribution in [3.05, 3.63) is 35.9 Å². The number of carbonyl (C=O) groups excluding carboxylic acids is 1. The Hall–Kier alpha value is -2.04. The quantitative estimate of drug-likeness (QED) is 0.930. The minimum atomic E-state index is -0.858. The summed E-state index contributed by atoms with van der Waals surface area (Å²) in [5.74, 6) is -1.39. The molecule has 1 N–H and O–H groups in total. The number of amides is 1. The van der Waals surface area contributed by atoms with E-state index >= 15 is 0 Å². The van der Waals surface area contributed by atoms with E-state index in [1.54, 1.807) is 0 Å². The Kier molecular flexibility index (Phi) is 4.50. The number of benzene rings is 1. The maximum absolute atomic E-state index is 12.1. The summed E-state index contributed by atoms with van der Waals surface area (Å²) in [4.78, 5) is 24.9. The van der Waals surface area contributed by atoms with Crippen molar-refractivity contribution in [3.63, 3.8) is 0 Å². The fourth-order valence-electron chi connectivity index (χ4n) is 2.76. The van der Waals surface area contributed by atoms with E-state index in [-0.39, 0.29) is 18.6 Å². The van der Waals surface area contributed by atoms with Gasteiger partial charge < -0.3 is 14.7 Å². The first-order valence-corrected chi connectivity index (χ1v) is 7.06. The lowest BCUT2D eigenvalue weighted by molar-refractivity contribution is -0.145. The first-order valence-electron chi connectivity index (χ1n) is 7.06. The van der Waals surface area contributed by atoms with Gasteiger partial charge in [0.05, 0.1) is 5.92 Å². The number of ether oxygens (including phenoxy) is 1. The highest BCUT2D eigenvalue weighted by Crippen LogP contribution is 2.32. The molecule has 1 aromatic carbocycles. The van der Waals surface area contributed by atoms with Gasteiger partial charge in [-0.25, -0.2) is 4.79 Å². The SMILES string of the molecule is CC1(C)CC(C(=O)O)CN(C(=O)OCc2ccccc2)C1. The van der Waals surface area contributed by atoms with E-state index in [2.05, 4.69) is 0 Å². The number of rotatable bonds is 3. The molecule has 0 radical (unpaired) electrons. The highest BCUT2D eigenvalue weighted by molar-refractivity contribution is 5.73. The molecule has 21 heavy (non-hydrogen) atoms. The first kappa shape index (κ1) is 15.4. The summed E-state index contributed by atoms with van der Waals surface area (Å²) in [6, 6.07) is 9.43. The molecule has 1 saturated heterocycles. The lowest BCUT2D eigenvalue weighted by Gasteiger charge is -2.40. The van der Waals surface area contributed by atoms with Crippen molar-refractivity contribution in [1.29, 1.82) is 0 Å². The predicted molar refractivity (Wildman–Crippen MR) is 77.7 cm³/mol. The molecule has 1 aliphatic heterocycles. The van der Waals surface area contributed by atoms with Crippen molar-refractivity contribution in [2.45, 2.75) is 26.9 Å². The van der Waals surface area contributed by atoms with E-state index < -0.39 is 18.0 Å². The van der Waals surface area contributed by atoms with Crippen LogP contribution in [0, 0.1) is 11.3 Å². The Morgan fingerprint density at radius 3 is 2.62 bits per heavy atom. The number of nitrogens with zero attached hydrogens (tertiary/aromatic N) is 1. The van der Waals surface area contributed by atoms with Crippen LogP contribution in [-0.4, -0.2) is 35.2 Å². The van der Waals surface area contributed by atoms with Crippen LogP contribution in [0.2, 0.25) is 0 Å². The summed E-state index contributed by atoms with van der Waals surface area (Å²) in [6.45, 7) is 4.88. The Morgan fingerprint density at radius 1 is 1.33 bits per heavy atom. The van der Waals surface area contributed by atoms with Crippen LogP contribution in [0.3, 0.4) is 0 Å². The zero-order valence-corrected chi connectivity index (χ0v) is 12.4. The molecule has 5 nitrogen and oxygen atoms in total. The van der Waals surface area contributed by atoms with Crippen LogP contribution in [0.15, 0.2) is 30.3 Å². The second-order valence-electron chi connectivity index (χ2n) is 6.32. The fourth-order valence-corrected chi connectivity index (χ4v) is 2.76. The molecule has 2 rings (SSSR count). The van der Waals surface area contributed by atoms with E-state index in [1.165, 1.54) is 4.90 Å². The lowest BCUT2D eigenvalue weighted by Crippen LogP contribution is -2.49. The molecule has 1 atom stereocenters. The largest absolute Gasteiger partial charge is 0.481 e. The summed E-state index contributed by atoms with van der Waals surface area (Å²) >= 11 is 0. The molecule has 0 spiro atoms. The zero-order valence-electron chi connectivity index (χ0n) is 12.4.